The summed E-state index contributed by atoms with van der Waals surface area (Å²) in [5.74, 6) is -1.97. The second-order valence-electron chi connectivity index (χ2n) is 3.85. The quantitative estimate of drug-likeness (QED) is 0.625. The molecule has 0 aromatic rings. The molecule has 0 aromatic heterocycles. The Bertz CT molecular complexity index is 317. The first-order chi connectivity index (χ1) is 7.03. The zero-order valence-corrected chi connectivity index (χ0v) is 8.06. The van der Waals surface area contributed by atoms with E-state index in [-0.39, 0.29) is 12.8 Å². The van der Waals surface area contributed by atoms with Crippen LogP contribution in [0.5, 0.6) is 0 Å². The lowest BCUT2D eigenvalue weighted by Gasteiger charge is -2.33. The molecule has 0 bridgehead atoms. The molecule has 0 unspecified atom stereocenters. The summed E-state index contributed by atoms with van der Waals surface area (Å²) in [6.45, 7) is 0. The molecular formula is C9H11NO5. The number of hydrogen-bond donors (Lipinski definition) is 1. The summed E-state index contributed by atoms with van der Waals surface area (Å²) in [4.78, 5) is 38.2. The molecule has 15 heavy (non-hydrogen) atoms. The van der Waals surface area contributed by atoms with Crippen LogP contribution in [-0.4, -0.2) is 33.6 Å². The van der Waals surface area contributed by atoms with Crippen LogP contribution >= 0.6 is 0 Å². The first-order valence-corrected chi connectivity index (χ1v) is 4.83. The molecule has 2 fully saturated rings. The minimum absolute atomic E-state index is 0.0601. The van der Waals surface area contributed by atoms with Gasteiger partial charge in [-0.3, -0.25) is 9.59 Å². The van der Waals surface area contributed by atoms with E-state index in [0.29, 0.717) is 17.9 Å². The van der Waals surface area contributed by atoms with Crippen LogP contribution in [0.2, 0.25) is 0 Å². The number of hydroxylamine groups is 2. The Hall–Kier alpha value is -1.43. The molecule has 0 spiro atoms. The Morgan fingerprint density at radius 2 is 1.80 bits per heavy atom. The standard InChI is InChI=1S/C9H11NO5/c11-6-2-3-7(12)10(6)15-8(13)9(14)4-1-5-9/h14H,1-5H2. The van der Waals surface area contributed by atoms with Gasteiger partial charge in [0.05, 0.1) is 0 Å². The summed E-state index contributed by atoms with van der Waals surface area (Å²) in [6.07, 6.45) is 1.51. The van der Waals surface area contributed by atoms with Crippen molar-refractivity contribution in [2.24, 2.45) is 0 Å². The highest BCUT2D eigenvalue weighted by Crippen LogP contribution is 2.33. The Balaban J connectivity index is 1.99. The fraction of sp³-hybridized carbons (Fsp3) is 0.667. The highest BCUT2D eigenvalue weighted by Gasteiger charge is 2.46. The topological polar surface area (TPSA) is 83.9 Å². The number of carbonyl (C=O) groups excluding carboxylic acids is 3. The number of aliphatic hydroxyl groups is 1. The minimum Gasteiger partial charge on any atom is -0.378 e. The molecular weight excluding hydrogens is 202 g/mol. The molecule has 1 heterocycles. The molecule has 0 radical (unpaired) electrons. The predicted octanol–water partition coefficient (Wildman–Crippen LogP) is -0.491. The number of carbonyl (C=O) groups is 3. The van der Waals surface area contributed by atoms with Gasteiger partial charge in [0.2, 0.25) is 0 Å². The van der Waals surface area contributed by atoms with Gasteiger partial charge in [0.25, 0.3) is 11.8 Å². The average Bonchev–Trinajstić information content (AvgIpc) is 2.45. The van der Waals surface area contributed by atoms with Gasteiger partial charge in [-0.25, -0.2) is 4.79 Å². The van der Waals surface area contributed by atoms with E-state index in [1.807, 2.05) is 0 Å². The van der Waals surface area contributed by atoms with Crippen molar-refractivity contribution in [2.45, 2.75) is 37.7 Å². The SMILES string of the molecule is O=C1CCC(=O)N1OC(=O)C1(O)CCC1. The summed E-state index contributed by atoms with van der Waals surface area (Å²) >= 11 is 0. The van der Waals surface area contributed by atoms with Crippen molar-refractivity contribution in [1.29, 1.82) is 0 Å². The van der Waals surface area contributed by atoms with E-state index in [0.717, 1.165) is 6.42 Å². The number of rotatable bonds is 2. The molecule has 6 nitrogen and oxygen atoms in total. The molecule has 2 amide bonds. The molecule has 1 aliphatic carbocycles. The zero-order valence-electron chi connectivity index (χ0n) is 8.06. The Labute approximate surface area is 85.8 Å². The van der Waals surface area contributed by atoms with Crippen LogP contribution in [0.3, 0.4) is 0 Å². The molecule has 1 saturated heterocycles. The Kier molecular flexibility index (Phi) is 2.22. The minimum atomic E-state index is -1.50. The lowest BCUT2D eigenvalue weighted by molar-refractivity contribution is -0.216. The monoisotopic (exact) mass is 213 g/mol. The summed E-state index contributed by atoms with van der Waals surface area (Å²) in [6, 6.07) is 0. The van der Waals surface area contributed by atoms with Gasteiger partial charge in [0.15, 0.2) is 5.60 Å². The summed E-state index contributed by atoms with van der Waals surface area (Å²) in [5.41, 5.74) is -1.50. The molecule has 82 valence electrons. The van der Waals surface area contributed by atoms with Gasteiger partial charge in [-0.1, -0.05) is 0 Å². The third kappa shape index (κ3) is 1.61. The van der Waals surface area contributed by atoms with Gasteiger partial charge >= 0.3 is 5.97 Å². The maximum atomic E-state index is 11.4. The lowest BCUT2D eigenvalue weighted by Crippen LogP contribution is -2.49. The van der Waals surface area contributed by atoms with E-state index in [1.54, 1.807) is 0 Å². The number of amides is 2. The number of hydrogen-bond acceptors (Lipinski definition) is 5. The Morgan fingerprint density at radius 1 is 1.27 bits per heavy atom. The van der Waals surface area contributed by atoms with Crippen LogP contribution in [0.15, 0.2) is 0 Å². The molecule has 1 saturated carbocycles. The van der Waals surface area contributed by atoms with E-state index in [2.05, 4.69) is 4.84 Å². The first-order valence-electron chi connectivity index (χ1n) is 4.83. The second kappa shape index (κ2) is 3.30. The first kappa shape index (κ1) is 10.1. The molecule has 2 rings (SSSR count). The number of imide groups is 1. The van der Waals surface area contributed by atoms with Crippen LogP contribution in [0.1, 0.15) is 32.1 Å². The highest BCUT2D eigenvalue weighted by atomic mass is 16.7. The normalized spacial score (nSPS) is 23.9. The van der Waals surface area contributed by atoms with Crippen molar-refractivity contribution >= 4 is 17.8 Å². The van der Waals surface area contributed by atoms with Crippen molar-refractivity contribution in [3.8, 4) is 0 Å². The third-order valence-electron chi connectivity index (χ3n) is 2.74. The van der Waals surface area contributed by atoms with E-state index >= 15 is 0 Å². The molecule has 6 heteroatoms. The van der Waals surface area contributed by atoms with Crippen LogP contribution in [0, 0.1) is 0 Å². The third-order valence-corrected chi connectivity index (χ3v) is 2.74. The van der Waals surface area contributed by atoms with Gasteiger partial charge in [0, 0.05) is 12.8 Å². The van der Waals surface area contributed by atoms with Gasteiger partial charge in [-0.2, -0.15) is 0 Å². The summed E-state index contributed by atoms with van der Waals surface area (Å²) in [5, 5.41) is 10.0. The van der Waals surface area contributed by atoms with Crippen LogP contribution in [0.4, 0.5) is 0 Å². The predicted molar refractivity (Wildman–Crippen MR) is 46.0 cm³/mol. The molecule has 0 atom stereocenters. The van der Waals surface area contributed by atoms with E-state index in [4.69, 9.17) is 0 Å². The fourth-order valence-electron chi connectivity index (χ4n) is 1.54. The van der Waals surface area contributed by atoms with Gasteiger partial charge < -0.3 is 9.94 Å². The van der Waals surface area contributed by atoms with Crippen molar-refractivity contribution < 1.29 is 24.3 Å². The zero-order chi connectivity index (χ0) is 11.1. The van der Waals surface area contributed by atoms with E-state index < -0.39 is 23.4 Å². The van der Waals surface area contributed by atoms with Gasteiger partial charge in [-0.05, 0) is 19.3 Å². The highest BCUT2D eigenvalue weighted by molar-refractivity contribution is 6.02. The van der Waals surface area contributed by atoms with Gasteiger partial charge in [0.1, 0.15) is 0 Å². The van der Waals surface area contributed by atoms with Crippen LogP contribution < -0.4 is 0 Å². The maximum absolute atomic E-state index is 11.4. The van der Waals surface area contributed by atoms with Crippen LogP contribution in [0.25, 0.3) is 0 Å². The van der Waals surface area contributed by atoms with Crippen molar-refractivity contribution in [1.82, 2.24) is 5.06 Å². The lowest BCUT2D eigenvalue weighted by atomic mass is 9.80. The van der Waals surface area contributed by atoms with E-state index in [1.165, 1.54) is 0 Å². The molecule has 1 aliphatic heterocycles. The second-order valence-corrected chi connectivity index (χ2v) is 3.85. The Morgan fingerprint density at radius 3 is 2.20 bits per heavy atom. The number of nitrogens with zero attached hydrogens (tertiary/aromatic N) is 1. The largest absolute Gasteiger partial charge is 0.378 e. The van der Waals surface area contributed by atoms with Crippen LogP contribution in [-0.2, 0) is 19.2 Å². The van der Waals surface area contributed by atoms with Crippen molar-refractivity contribution in [3.63, 3.8) is 0 Å². The molecule has 2 aliphatic rings. The fourth-order valence-corrected chi connectivity index (χ4v) is 1.54. The molecule has 0 aromatic carbocycles. The van der Waals surface area contributed by atoms with Gasteiger partial charge in [-0.15, -0.1) is 5.06 Å². The molecule has 1 N–H and O–H groups in total. The smallest absolute Gasteiger partial charge is 0.364 e. The average molecular weight is 213 g/mol. The van der Waals surface area contributed by atoms with Crippen molar-refractivity contribution in [3.05, 3.63) is 0 Å². The summed E-state index contributed by atoms with van der Waals surface area (Å²) < 4.78 is 0. The maximum Gasteiger partial charge on any atom is 0.364 e. The van der Waals surface area contributed by atoms with E-state index in [9.17, 15) is 19.5 Å². The van der Waals surface area contributed by atoms with Crippen molar-refractivity contribution in [2.75, 3.05) is 0 Å². The summed E-state index contributed by atoms with van der Waals surface area (Å²) in [7, 11) is 0.